The SMILES string of the molecule is CCC1(CC(=O)O)OCCc2c1[nH]c1cccc(OC(F)(F)F)c21. The van der Waals surface area contributed by atoms with Crippen molar-refractivity contribution in [2.75, 3.05) is 6.61 Å². The van der Waals surface area contributed by atoms with Gasteiger partial charge in [0.05, 0.1) is 18.7 Å². The van der Waals surface area contributed by atoms with E-state index in [-0.39, 0.29) is 18.8 Å². The van der Waals surface area contributed by atoms with E-state index < -0.39 is 17.9 Å². The summed E-state index contributed by atoms with van der Waals surface area (Å²) in [6.45, 7) is 2.03. The molecule has 24 heavy (non-hydrogen) atoms. The molecule has 0 fully saturated rings. The second-order valence-corrected chi connectivity index (χ2v) is 5.72. The van der Waals surface area contributed by atoms with Gasteiger partial charge in [0, 0.05) is 10.9 Å². The van der Waals surface area contributed by atoms with Crippen LogP contribution in [0.2, 0.25) is 0 Å². The molecule has 8 heteroatoms. The fourth-order valence-electron chi connectivity index (χ4n) is 3.34. The highest BCUT2D eigenvalue weighted by molar-refractivity contribution is 5.91. The summed E-state index contributed by atoms with van der Waals surface area (Å²) in [7, 11) is 0. The fourth-order valence-corrected chi connectivity index (χ4v) is 3.34. The maximum atomic E-state index is 12.7. The molecule has 0 aliphatic carbocycles. The van der Waals surface area contributed by atoms with Gasteiger partial charge in [-0.2, -0.15) is 0 Å². The van der Waals surface area contributed by atoms with Crippen LogP contribution in [0.1, 0.15) is 31.0 Å². The van der Waals surface area contributed by atoms with E-state index in [0.717, 1.165) is 0 Å². The van der Waals surface area contributed by atoms with Crippen molar-refractivity contribution in [3.63, 3.8) is 0 Å². The molecule has 0 bridgehead atoms. The van der Waals surface area contributed by atoms with Crippen LogP contribution < -0.4 is 4.74 Å². The molecule has 1 aromatic heterocycles. The van der Waals surface area contributed by atoms with Crippen LogP contribution in [0, 0.1) is 0 Å². The standard InChI is InChI=1S/C16H16F3NO4/c1-2-15(8-12(21)22)14-9(6-7-23-15)13-10(20-14)4-3-5-11(13)24-16(17,18)19/h3-5,20H,2,6-8H2,1H3,(H,21,22). The van der Waals surface area contributed by atoms with Crippen molar-refractivity contribution >= 4 is 16.9 Å². The van der Waals surface area contributed by atoms with Crippen molar-refractivity contribution in [1.82, 2.24) is 4.98 Å². The molecule has 1 aliphatic heterocycles. The molecule has 1 aliphatic rings. The van der Waals surface area contributed by atoms with E-state index in [0.29, 0.717) is 35.0 Å². The first kappa shape index (κ1) is 16.6. The van der Waals surface area contributed by atoms with E-state index in [1.54, 1.807) is 13.0 Å². The average Bonchev–Trinajstić information content (AvgIpc) is 2.86. The Morgan fingerprint density at radius 1 is 1.46 bits per heavy atom. The number of aliphatic carboxylic acids is 1. The van der Waals surface area contributed by atoms with Crippen molar-refractivity contribution < 1.29 is 32.5 Å². The number of halogens is 3. The van der Waals surface area contributed by atoms with Crippen LogP contribution in [-0.4, -0.2) is 29.0 Å². The number of benzene rings is 1. The quantitative estimate of drug-likeness (QED) is 0.888. The van der Waals surface area contributed by atoms with Gasteiger partial charge in [-0.15, -0.1) is 13.2 Å². The number of aromatic amines is 1. The first-order valence-corrected chi connectivity index (χ1v) is 7.51. The van der Waals surface area contributed by atoms with Crippen LogP contribution in [0.5, 0.6) is 5.75 Å². The zero-order chi connectivity index (χ0) is 17.5. The molecule has 2 heterocycles. The highest BCUT2D eigenvalue weighted by Crippen LogP contribution is 2.44. The molecule has 2 aromatic rings. The minimum atomic E-state index is -4.80. The Bertz CT molecular complexity index is 783. The van der Waals surface area contributed by atoms with Gasteiger partial charge >= 0.3 is 12.3 Å². The Labute approximate surface area is 135 Å². The molecule has 1 unspecified atom stereocenters. The van der Waals surface area contributed by atoms with E-state index in [4.69, 9.17) is 4.74 Å². The van der Waals surface area contributed by atoms with Crippen molar-refractivity contribution in [2.24, 2.45) is 0 Å². The molecule has 0 spiro atoms. The lowest BCUT2D eigenvalue weighted by atomic mass is 9.86. The molecule has 0 radical (unpaired) electrons. The Balaban J connectivity index is 2.20. The summed E-state index contributed by atoms with van der Waals surface area (Å²) in [5.41, 5.74) is 0.537. The van der Waals surface area contributed by atoms with Crippen LogP contribution in [0.3, 0.4) is 0 Å². The molecule has 1 atom stereocenters. The minimum absolute atomic E-state index is 0.238. The Morgan fingerprint density at radius 3 is 2.83 bits per heavy atom. The van der Waals surface area contributed by atoms with E-state index in [1.807, 2.05) is 0 Å². The number of carboxylic acids is 1. The van der Waals surface area contributed by atoms with Gasteiger partial charge in [0.15, 0.2) is 0 Å². The topological polar surface area (TPSA) is 71.5 Å². The van der Waals surface area contributed by atoms with Crippen molar-refractivity contribution in [3.8, 4) is 5.75 Å². The van der Waals surface area contributed by atoms with Gasteiger partial charge in [-0.05, 0) is 30.5 Å². The van der Waals surface area contributed by atoms with Gasteiger partial charge in [-0.1, -0.05) is 13.0 Å². The van der Waals surface area contributed by atoms with E-state index in [1.165, 1.54) is 12.1 Å². The molecular weight excluding hydrogens is 327 g/mol. The van der Waals surface area contributed by atoms with Crippen LogP contribution in [0.4, 0.5) is 13.2 Å². The fraction of sp³-hybridized carbons (Fsp3) is 0.438. The third-order valence-electron chi connectivity index (χ3n) is 4.31. The Kier molecular flexibility index (Phi) is 3.95. The van der Waals surface area contributed by atoms with E-state index in [9.17, 15) is 23.1 Å². The van der Waals surface area contributed by atoms with Crippen LogP contribution in [0.25, 0.3) is 10.9 Å². The number of aromatic nitrogens is 1. The molecule has 0 amide bonds. The first-order chi connectivity index (χ1) is 11.3. The summed E-state index contributed by atoms with van der Waals surface area (Å²) in [5.74, 6) is -1.32. The van der Waals surface area contributed by atoms with Crippen molar-refractivity contribution in [2.45, 2.75) is 38.1 Å². The third kappa shape index (κ3) is 2.82. The Hall–Kier alpha value is -2.22. The monoisotopic (exact) mass is 343 g/mol. The highest BCUT2D eigenvalue weighted by atomic mass is 19.4. The van der Waals surface area contributed by atoms with Gasteiger partial charge in [0.25, 0.3) is 0 Å². The second-order valence-electron chi connectivity index (χ2n) is 5.72. The van der Waals surface area contributed by atoms with E-state index >= 15 is 0 Å². The second kappa shape index (κ2) is 5.70. The molecule has 130 valence electrons. The van der Waals surface area contributed by atoms with Gasteiger partial charge < -0.3 is 19.6 Å². The first-order valence-electron chi connectivity index (χ1n) is 7.51. The molecule has 5 nitrogen and oxygen atoms in total. The number of hydrogen-bond acceptors (Lipinski definition) is 3. The van der Waals surface area contributed by atoms with Crippen LogP contribution in [-0.2, 0) is 21.6 Å². The maximum absolute atomic E-state index is 12.7. The van der Waals surface area contributed by atoms with Crippen LogP contribution in [0.15, 0.2) is 18.2 Å². The number of fused-ring (bicyclic) bond motifs is 3. The largest absolute Gasteiger partial charge is 0.573 e. The molecule has 0 saturated carbocycles. The van der Waals surface area contributed by atoms with Gasteiger partial charge in [0.2, 0.25) is 0 Å². The minimum Gasteiger partial charge on any atom is -0.481 e. The molecule has 3 rings (SSSR count). The number of carbonyl (C=O) groups is 1. The van der Waals surface area contributed by atoms with Crippen LogP contribution >= 0.6 is 0 Å². The molecular formula is C16H16F3NO4. The summed E-state index contributed by atoms with van der Waals surface area (Å²) >= 11 is 0. The smallest absolute Gasteiger partial charge is 0.481 e. The van der Waals surface area contributed by atoms with E-state index in [2.05, 4.69) is 9.72 Å². The number of alkyl halides is 3. The predicted octanol–water partition coefficient (Wildman–Crippen LogP) is 3.72. The third-order valence-corrected chi connectivity index (χ3v) is 4.31. The Morgan fingerprint density at radius 2 is 2.21 bits per heavy atom. The normalized spacial score (nSPS) is 20.8. The zero-order valence-electron chi connectivity index (χ0n) is 12.9. The number of H-pyrrole nitrogens is 1. The number of carboxylic acid groups (broad SMARTS) is 1. The lowest BCUT2D eigenvalue weighted by molar-refractivity contribution is -0.274. The number of rotatable bonds is 4. The maximum Gasteiger partial charge on any atom is 0.573 e. The number of hydrogen-bond donors (Lipinski definition) is 2. The summed E-state index contributed by atoms with van der Waals surface area (Å²) in [4.78, 5) is 14.3. The summed E-state index contributed by atoms with van der Waals surface area (Å²) in [6.07, 6.45) is -4.30. The average molecular weight is 343 g/mol. The number of ether oxygens (including phenoxy) is 2. The zero-order valence-corrected chi connectivity index (χ0v) is 12.9. The molecule has 2 N–H and O–H groups in total. The summed E-state index contributed by atoms with van der Waals surface area (Å²) in [5, 5.41) is 9.53. The van der Waals surface area contributed by atoms with Gasteiger partial charge in [-0.25, -0.2) is 0 Å². The molecule has 1 aromatic carbocycles. The van der Waals surface area contributed by atoms with Gasteiger partial charge in [0.1, 0.15) is 11.4 Å². The van der Waals surface area contributed by atoms with Crippen molar-refractivity contribution in [3.05, 3.63) is 29.5 Å². The van der Waals surface area contributed by atoms with Crippen molar-refractivity contribution in [1.29, 1.82) is 0 Å². The lowest BCUT2D eigenvalue weighted by Gasteiger charge is -2.35. The van der Waals surface area contributed by atoms with Gasteiger partial charge in [-0.3, -0.25) is 4.79 Å². The number of nitrogens with one attached hydrogen (secondary N) is 1. The predicted molar refractivity (Wildman–Crippen MR) is 78.9 cm³/mol. The summed E-state index contributed by atoms with van der Waals surface area (Å²) in [6, 6.07) is 4.35. The molecule has 0 saturated heterocycles. The summed E-state index contributed by atoms with van der Waals surface area (Å²) < 4.78 is 47.9. The highest BCUT2D eigenvalue weighted by Gasteiger charge is 2.42. The lowest BCUT2D eigenvalue weighted by Crippen LogP contribution is -2.37.